The fourth-order valence-electron chi connectivity index (χ4n) is 2.80. The van der Waals surface area contributed by atoms with Gasteiger partial charge >= 0.3 is 11.2 Å². The molecule has 3 aromatic rings. The first kappa shape index (κ1) is 16.2. The summed E-state index contributed by atoms with van der Waals surface area (Å²) in [5, 5.41) is 17.3. The van der Waals surface area contributed by atoms with E-state index in [1.54, 1.807) is 10.6 Å². The van der Waals surface area contributed by atoms with Crippen LogP contribution in [0.4, 0.5) is 0 Å². The first-order chi connectivity index (χ1) is 11.5. The fraction of sp³-hybridized carbons (Fsp3) is 0.316. The first-order valence-electron chi connectivity index (χ1n) is 8.24. The number of fused-ring (bicyclic) bond motifs is 1. The predicted octanol–water partition coefficient (Wildman–Crippen LogP) is 2.00. The molecule has 0 aliphatic carbocycles. The highest BCUT2D eigenvalue weighted by atomic mass is 16.3. The van der Waals surface area contributed by atoms with Crippen molar-refractivity contribution in [2.75, 3.05) is 0 Å². The van der Waals surface area contributed by atoms with Gasteiger partial charge in [-0.25, -0.2) is 9.36 Å². The zero-order chi connectivity index (χ0) is 17.3. The molecule has 5 nitrogen and oxygen atoms in total. The van der Waals surface area contributed by atoms with Crippen LogP contribution in [0.2, 0.25) is 0 Å². The Morgan fingerprint density at radius 3 is 2.50 bits per heavy atom. The molecule has 0 saturated heterocycles. The van der Waals surface area contributed by atoms with E-state index in [0.29, 0.717) is 17.6 Å². The molecule has 0 atom stereocenters. The monoisotopic (exact) mass is 323 g/mol. The lowest BCUT2D eigenvalue weighted by Gasteiger charge is -2.16. The van der Waals surface area contributed by atoms with E-state index < -0.39 is 0 Å². The number of benzene rings is 1. The Kier molecular flexibility index (Phi) is 4.34. The lowest BCUT2D eigenvalue weighted by atomic mass is 10.1. The van der Waals surface area contributed by atoms with Crippen molar-refractivity contribution in [1.82, 2.24) is 9.61 Å². The summed E-state index contributed by atoms with van der Waals surface area (Å²) in [7, 11) is 0. The van der Waals surface area contributed by atoms with Crippen LogP contribution in [0.15, 0.2) is 41.2 Å². The van der Waals surface area contributed by atoms with Gasteiger partial charge in [0.15, 0.2) is 0 Å². The summed E-state index contributed by atoms with van der Waals surface area (Å²) in [5.74, 6) is -0.247. The van der Waals surface area contributed by atoms with E-state index in [9.17, 15) is 9.90 Å². The topological polar surface area (TPSA) is 61.3 Å². The van der Waals surface area contributed by atoms with Gasteiger partial charge in [-0.05, 0) is 44.9 Å². The average Bonchev–Trinajstić information content (AvgIpc) is 2.57. The van der Waals surface area contributed by atoms with Gasteiger partial charge in [0, 0.05) is 6.07 Å². The van der Waals surface area contributed by atoms with Gasteiger partial charge in [-0.3, -0.25) is 0 Å². The Hall–Kier alpha value is -2.69. The van der Waals surface area contributed by atoms with Gasteiger partial charge in [-0.2, -0.15) is 0 Å². The molecule has 0 radical (unpaired) electrons. The largest absolute Gasteiger partial charge is 0.842 e. The number of aryl methyl sites for hydroxylation is 2. The Labute approximate surface area is 140 Å². The van der Waals surface area contributed by atoms with Crippen molar-refractivity contribution < 1.29 is 9.67 Å². The van der Waals surface area contributed by atoms with Gasteiger partial charge in [0.05, 0.1) is 17.1 Å². The fourth-order valence-corrected chi connectivity index (χ4v) is 2.80. The van der Waals surface area contributed by atoms with E-state index in [0.717, 1.165) is 29.8 Å². The molecule has 0 saturated carbocycles. The van der Waals surface area contributed by atoms with Crippen LogP contribution in [0.3, 0.4) is 0 Å². The molecule has 0 amide bonds. The highest BCUT2D eigenvalue weighted by Crippen LogP contribution is 2.14. The number of hydrogen-bond acceptors (Lipinski definition) is 3. The Morgan fingerprint density at radius 1 is 1.12 bits per heavy atom. The van der Waals surface area contributed by atoms with Crippen molar-refractivity contribution >= 4 is 5.65 Å². The molecule has 1 aromatic carbocycles. The van der Waals surface area contributed by atoms with Crippen molar-refractivity contribution in [2.45, 2.75) is 40.0 Å². The molecular weight excluding hydrogens is 302 g/mol. The van der Waals surface area contributed by atoms with E-state index in [1.165, 1.54) is 4.52 Å². The van der Waals surface area contributed by atoms with Crippen LogP contribution in [-0.4, -0.2) is 9.61 Å². The van der Waals surface area contributed by atoms with E-state index in [-0.39, 0.29) is 11.4 Å². The average molecular weight is 323 g/mol. The highest BCUT2D eigenvalue weighted by Gasteiger charge is 2.21. The van der Waals surface area contributed by atoms with E-state index in [2.05, 4.69) is 5.10 Å². The maximum atomic E-state index is 13.0. The second-order valence-corrected chi connectivity index (χ2v) is 6.11. The molecule has 0 N–H and O–H groups in total. The van der Waals surface area contributed by atoms with Gasteiger partial charge in [0.2, 0.25) is 0 Å². The second kappa shape index (κ2) is 6.43. The maximum absolute atomic E-state index is 13.0. The molecule has 0 aliphatic heterocycles. The zero-order valence-corrected chi connectivity index (χ0v) is 14.2. The standard InChI is InChI=1S/C19H21N3O2/c1-4-5-6-16-18(23)21(15-10-7-13(2)8-11-15)17-12-9-14(3)20-22(17)19(16)24/h7-12H,4-6H2,1-3H3. The molecule has 0 spiro atoms. The summed E-state index contributed by atoms with van der Waals surface area (Å²) >= 11 is 0. The van der Waals surface area contributed by atoms with Gasteiger partial charge in [0.25, 0.3) is 0 Å². The molecule has 24 heavy (non-hydrogen) atoms. The van der Waals surface area contributed by atoms with Crippen LogP contribution >= 0.6 is 0 Å². The number of unbranched alkanes of at least 4 members (excludes halogenated alkanes) is 1. The molecule has 5 heteroatoms. The van der Waals surface area contributed by atoms with Crippen molar-refractivity contribution in [3.05, 3.63) is 63.6 Å². The minimum atomic E-state index is -0.310. The summed E-state index contributed by atoms with van der Waals surface area (Å²) in [6.07, 6.45) is 2.20. The third-order valence-corrected chi connectivity index (χ3v) is 4.16. The summed E-state index contributed by atoms with van der Waals surface area (Å²) < 4.78 is 2.93. The lowest BCUT2D eigenvalue weighted by Crippen LogP contribution is -2.43. The van der Waals surface area contributed by atoms with E-state index >= 15 is 0 Å². The molecule has 2 heterocycles. The van der Waals surface area contributed by atoms with Crippen LogP contribution in [-0.2, 0) is 6.42 Å². The lowest BCUT2D eigenvalue weighted by molar-refractivity contribution is -0.632. The normalized spacial score (nSPS) is 11.1. The van der Waals surface area contributed by atoms with Crippen LogP contribution in [0, 0.1) is 13.8 Å². The highest BCUT2D eigenvalue weighted by molar-refractivity contribution is 5.39. The van der Waals surface area contributed by atoms with Crippen LogP contribution in [0.25, 0.3) is 11.3 Å². The molecule has 0 fully saturated rings. The Balaban J connectivity index is 2.37. The molecule has 3 rings (SSSR count). The van der Waals surface area contributed by atoms with Gasteiger partial charge in [0.1, 0.15) is 5.69 Å². The molecule has 0 bridgehead atoms. The predicted molar refractivity (Wildman–Crippen MR) is 90.5 cm³/mol. The van der Waals surface area contributed by atoms with Gasteiger partial charge in [-0.1, -0.05) is 40.7 Å². The van der Waals surface area contributed by atoms with Crippen molar-refractivity contribution in [2.24, 2.45) is 0 Å². The van der Waals surface area contributed by atoms with Crippen LogP contribution in [0.1, 0.15) is 36.6 Å². The maximum Gasteiger partial charge on any atom is 0.365 e. The number of hydrogen-bond donors (Lipinski definition) is 0. The minimum Gasteiger partial charge on any atom is -0.842 e. The minimum absolute atomic E-state index is 0.247. The molecule has 0 unspecified atom stereocenters. The smallest absolute Gasteiger partial charge is 0.365 e. The Morgan fingerprint density at radius 2 is 1.83 bits per heavy atom. The molecule has 2 aromatic heterocycles. The summed E-state index contributed by atoms with van der Waals surface area (Å²) in [6.45, 7) is 5.87. The zero-order valence-electron chi connectivity index (χ0n) is 14.2. The molecular formula is C19H21N3O2. The van der Waals surface area contributed by atoms with Crippen molar-refractivity contribution in [3.63, 3.8) is 0 Å². The van der Waals surface area contributed by atoms with E-state index in [1.807, 2.05) is 51.1 Å². The summed E-state index contributed by atoms with van der Waals surface area (Å²) in [5.41, 5.74) is 3.07. The third kappa shape index (κ3) is 2.77. The van der Waals surface area contributed by atoms with Crippen LogP contribution < -0.4 is 15.2 Å². The van der Waals surface area contributed by atoms with Crippen molar-refractivity contribution in [1.29, 1.82) is 0 Å². The van der Waals surface area contributed by atoms with Crippen LogP contribution in [0.5, 0.6) is 5.88 Å². The van der Waals surface area contributed by atoms with Gasteiger partial charge in [-0.15, -0.1) is 0 Å². The third-order valence-electron chi connectivity index (χ3n) is 4.16. The summed E-state index contributed by atoms with van der Waals surface area (Å²) in [6, 6.07) is 11.3. The second-order valence-electron chi connectivity index (χ2n) is 6.11. The van der Waals surface area contributed by atoms with Gasteiger partial charge < -0.3 is 5.11 Å². The SMILES string of the molecule is CCCCc1c([O-])[n+](-c2ccc(C)cc2)c2ccc(C)nn2c1=O. The number of aromatic nitrogens is 3. The van der Waals surface area contributed by atoms with E-state index in [4.69, 9.17) is 0 Å². The quantitative estimate of drug-likeness (QED) is 0.690. The summed E-state index contributed by atoms with van der Waals surface area (Å²) in [4.78, 5) is 12.7. The van der Waals surface area contributed by atoms with Crippen molar-refractivity contribution in [3.8, 4) is 11.6 Å². The molecule has 0 aliphatic rings. The number of rotatable bonds is 4. The Bertz CT molecular complexity index is 943. The number of nitrogens with zero attached hydrogens (tertiary/aromatic N) is 3. The first-order valence-corrected chi connectivity index (χ1v) is 8.24. The molecule has 124 valence electrons.